The van der Waals surface area contributed by atoms with Crippen LogP contribution in [0.2, 0.25) is 0 Å². The van der Waals surface area contributed by atoms with Gasteiger partial charge in [-0.2, -0.15) is 0 Å². The van der Waals surface area contributed by atoms with Gasteiger partial charge in [-0.25, -0.2) is 4.98 Å². The van der Waals surface area contributed by atoms with E-state index in [-0.39, 0.29) is 5.91 Å². The van der Waals surface area contributed by atoms with Crippen molar-refractivity contribution in [1.29, 1.82) is 0 Å². The molecule has 0 bridgehead atoms. The van der Waals surface area contributed by atoms with Gasteiger partial charge in [0.15, 0.2) is 0 Å². The molecule has 1 aromatic heterocycles. The Labute approximate surface area is 131 Å². The lowest BCUT2D eigenvalue weighted by Gasteiger charge is -2.36. The van der Waals surface area contributed by atoms with E-state index in [1.54, 1.807) is 12.4 Å². The first-order chi connectivity index (χ1) is 10.5. The van der Waals surface area contributed by atoms with E-state index in [9.17, 15) is 4.79 Å². The van der Waals surface area contributed by atoms with Gasteiger partial charge in [-0.15, -0.1) is 0 Å². The second-order valence-electron chi connectivity index (χ2n) is 6.51. The standard InChI is InChI=1S/C15H24N6O/c1-10-6-17-12(7-16-10)15(22)21-5-4-11-13(8-20(2)3)18-19-14(11)9-21/h6-7,11,13-14,18-19H,4-5,8-9H2,1-3H3. The van der Waals surface area contributed by atoms with Crippen LogP contribution in [0.25, 0.3) is 0 Å². The number of rotatable bonds is 3. The molecule has 3 unspecified atom stereocenters. The van der Waals surface area contributed by atoms with E-state index in [4.69, 9.17) is 0 Å². The number of hydrogen-bond acceptors (Lipinski definition) is 6. The van der Waals surface area contributed by atoms with Gasteiger partial charge in [-0.3, -0.25) is 20.6 Å². The molecular formula is C15H24N6O. The Kier molecular flexibility index (Phi) is 4.37. The summed E-state index contributed by atoms with van der Waals surface area (Å²) >= 11 is 0. The van der Waals surface area contributed by atoms with Crippen molar-refractivity contribution in [2.75, 3.05) is 33.7 Å². The molecule has 0 radical (unpaired) electrons. The fourth-order valence-corrected chi connectivity index (χ4v) is 3.35. The van der Waals surface area contributed by atoms with Gasteiger partial charge in [0.2, 0.25) is 0 Å². The SMILES string of the molecule is Cc1cnc(C(=O)N2CCC3C(CN(C)C)NNC3C2)cn1. The third-order valence-corrected chi connectivity index (χ3v) is 4.49. The Morgan fingerprint density at radius 2 is 2.18 bits per heavy atom. The lowest BCUT2D eigenvalue weighted by atomic mass is 9.87. The fourth-order valence-electron chi connectivity index (χ4n) is 3.35. The zero-order valence-corrected chi connectivity index (χ0v) is 13.4. The van der Waals surface area contributed by atoms with Crippen molar-refractivity contribution in [3.05, 3.63) is 23.8 Å². The van der Waals surface area contributed by atoms with Gasteiger partial charge in [-0.1, -0.05) is 0 Å². The summed E-state index contributed by atoms with van der Waals surface area (Å²) in [5.74, 6) is 0.541. The summed E-state index contributed by atoms with van der Waals surface area (Å²) in [7, 11) is 4.17. The molecule has 7 nitrogen and oxygen atoms in total. The monoisotopic (exact) mass is 304 g/mol. The number of carbonyl (C=O) groups excluding carboxylic acids is 1. The molecule has 22 heavy (non-hydrogen) atoms. The maximum Gasteiger partial charge on any atom is 0.274 e. The van der Waals surface area contributed by atoms with E-state index in [2.05, 4.69) is 39.8 Å². The van der Waals surface area contributed by atoms with Gasteiger partial charge in [0, 0.05) is 37.9 Å². The van der Waals surface area contributed by atoms with E-state index < -0.39 is 0 Å². The second kappa shape index (κ2) is 6.28. The number of fused-ring (bicyclic) bond motifs is 1. The van der Waals surface area contributed by atoms with Crippen molar-refractivity contribution in [3.8, 4) is 0 Å². The van der Waals surface area contributed by atoms with Crippen LogP contribution in [0.1, 0.15) is 22.6 Å². The molecule has 2 aliphatic rings. The third-order valence-electron chi connectivity index (χ3n) is 4.49. The summed E-state index contributed by atoms with van der Waals surface area (Å²) in [5.41, 5.74) is 7.98. The minimum atomic E-state index is -0.0243. The minimum absolute atomic E-state index is 0.0243. The van der Waals surface area contributed by atoms with Crippen LogP contribution in [0.15, 0.2) is 12.4 Å². The molecule has 3 rings (SSSR count). The van der Waals surface area contributed by atoms with Gasteiger partial charge < -0.3 is 9.80 Å². The molecule has 2 fully saturated rings. The fraction of sp³-hybridized carbons (Fsp3) is 0.667. The molecule has 2 aliphatic heterocycles. The van der Waals surface area contributed by atoms with Crippen LogP contribution in [0.4, 0.5) is 0 Å². The van der Waals surface area contributed by atoms with Crippen molar-refractivity contribution in [1.82, 2.24) is 30.6 Å². The summed E-state index contributed by atoms with van der Waals surface area (Å²) in [6.45, 7) is 4.37. The molecule has 3 heterocycles. The van der Waals surface area contributed by atoms with E-state index >= 15 is 0 Å². The normalized spacial score (nSPS) is 28.0. The lowest BCUT2D eigenvalue weighted by Crippen LogP contribution is -2.50. The Morgan fingerprint density at radius 3 is 2.86 bits per heavy atom. The summed E-state index contributed by atoms with van der Waals surface area (Å²) in [6, 6.07) is 0.748. The number of amides is 1. The van der Waals surface area contributed by atoms with Crippen molar-refractivity contribution < 1.29 is 4.79 Å². The van der Waals surface area contributed by atoms with Crippen molar-refractivity contribution in [2.45, 2.75) is 25.4 Å². The van der Waals surface area contributed by atoms with Gasteiger partial charge in [0.25, 0.3) is 5.91 Å². The lowest BCUT2D eigenvalue weighted by molar-refractivity contribution is 0.0653. The molecule has 0 saturated carbocycles. The Hall–Kier alpha value is -1.57. The number of carbonyl (C=O) groups is 1. The number of nitrogens with zero attached hydrogens (tertiary/aromatic N) is 4. The first-order valence-corrected chi connectivity index (χ1v) is 7.78. The first kappa shape index (κ1) is 15.3. The average Bonchev–Trinajstić information content (AvgIpc) is 2.89. The predicted molar refractivity (Wildman–Crippen MR) is 83.2 cm³/mol. The predicted octanol–water partition coefficient (Wildman–Crippen LogP) is -0.346. The van der Waals surface area contributed by atoms with Crippen LogP contribution in [-0.4, -0.2) is 71.5 Å². The average molecular weight is 304 g/mol. The summed E-state index contributed by atoms with van der Waals surface area (Å²) in [5, 5.41) is 0. The number of piperidine rings is 1. The highest BCUT2D eigenvalue weighted by atomic mass is 16.2. The van der Waals surface area contributed by atoms with E-state index in [0.29, 0.717) is 23.7 Å². The molecule has 2 N–H and O–H groups in total. The molecule has 120 valence electrons. The maximum absolute atomic E-state index is 12.5. The number of likely N-dealkylation sites (N-methyl/N-ethyl adjacent to an activating group) is 1. The summed E-state index contributed by atoms with van der Waals surface area (Å²) < 4.78 is 0. The summed E-state index contributed by atoms with van der Waals surface area (Å²) in [6.07, 6.45) is 4.22. The number of hydrazine groups is 1. The third kappa shape index (κ3) is 3.11. The van der Waals surface area contributed by atoms with E-state index in [1.807, 2.05) is 11.8 Å². The van der Waals surface area contributed by atoms with Gasteiger partial charge in [0.1, 0.15) is 5.69 Å². The molecule has 1 aromatic rings. The Bertz CT molecular complexity index is 531. The Morgan fingerprint density at radius 1 is 1.36 bits per heavy atom. The minimum Gasteiger partial charge on any atom is -0.336 e. The molecule has 0 aromatic carbocycles. The van der Waals surface area contributed by atoms with Crippen molar-refractivity contribution in [3.63, 3.8) is 0 Å². The highest BCUT2D eigenvalue weighted by Crippen LogP contribution is 2.25. The van der Waals surface area contributed by atoms with Crippen LogP contribution in [0, 0.1) is 12.8 Å². The quantitative estimate of drug-likeness (QED) is 0.795. The van der Waals surface area contributed by atoms with Crippen molar-refractivity contribution in [2.24, 2.45) is 5.92 Å². The van der Waals surface area contributed by atoms with E-state index in [0.717, 1.165) is 31.7 Å². The van der Waals surface area contributed by atoms with Gasteiger partial charge >= 0.3 is 0 Å². The molecule has 2 saturated heterocycles. The Balaban J connectivity index is 1.63. The first-order valence-electron chi connectivity index (χ1n) is 7.78. The van der Waals surface area contributed by atoms with Gasteiger partial charge in [-0.05, 0) is 33.4 Å². The van der Waals surface area contributed by atoms with Crippen LogP contribution in [-0.2, 0) is 0 Å². The van der Waals surface area contributed by atoms with Crippen LogP contribution in [0.3, 0.4) is 0 Å². The maximum atomic E-state index is 12.5. The molecule has 1 amide bonds. The molecule has 3 atom stereocenters. The zero-order valence-electron chi connectivity index (χ0n) is 13.4. The molecule has 0 spiro atoms. The summed E-state index contributed by atoms with van der Waals surface area (Å²) in [4.78, 5) is 25.0. The largest absolute Gasteiger partial charge is 0.336 e. The van der Waals surface area contributed by atoms with Crippen molar-refractivity contribution >= 4 is 5.91 Å². The molecular weight excluding hydrogens is 280 g/mol. The second-order valence-corrected chi connectivity index (χ2v) is 6.51. The number of likely N-dealkylation sites (tertiary alicyclic amines) is 1. The highest BCUT2D eigenvalue weighted by Gasteiger charge is 2.40. The number of nitrogens with one attached hydrogen (secondary N) is 2. The van der Waals surface area contributed by atoms with Crippen LogP contribution >= 0.6 is 0 Å². The zero-order chi connectivity index (χ0) is 15.7. The highest BCUT2D eigenvalue weighted by molar-refractivity contribution is 5.92. The topological polar surface area (TPSA) is 73.4 Å². The molecule has 7 heteroatoms. The van der Waals surface area contributed by atoms with Crippen LogP contribution in [0.5, 0.6) is 0 Å². The number of hydrogen-bond donors (Lipinski definition) is 2. The molecule has 0 aliphatic carbocycles. The number of aryl methyl sites for hydroxylation is 1. The smallest absolute Gasteiger partial charge is 0.274 e. The van der Waals surface area contributed by atoms with Crippen LogP contribution < -0.4 is 10.9 Å². The van der Waals surface area contributed by atoms with E-state index in [1.165, 1.54) is 0 Å². The number of aromatic nitrogens is 2. The van der Waals surface area contributed by atoms with Gasteiger partial charge in [0.05, 0.1) is 11.9 Å².